The molecule has 4 aromatic rings. The Morgan fingerprint density at radius 2 is 1.95 bits per heavy atom. The van der Waals surface area contributed by atoms with Crippen molar-refractivity contribution >= 4 is 54.5 Å². The van der Waals surface area contributed by atoms with Gasteiger partial charge in [-0.3, -0.25) is 0 Å². The summed E-state index contributed by atoms with van der Waals surface area (Å²) in [6.45, 7) is 0. The first-order valence-corrected chi connectivity index (χ1v) is 7.80. The molecule has 3 nitrogen and oxygen atoms in total. The fraction of sp³-hybridized carbons (Fsp3) is 0. The van der Waals surface area contributed by atoms with Crippen LogP contribution in [0, 0.1) is 11.6 Å². The van der Waals surface area contributed by atoms with Crippen LogP contribution < -0.4 is 5.32 Å². The monoisotopic (exact) mass is 319 g/mol. The molecule has 1 N–H and O–H groups in total. The summed E-state index contributed by atoms with van der Waals surface area (Å²) in [6.07, 6.45) is 1.14. The number of nitrogens with zero attached hydrogens (tertiary/aromatic N) is 2. The van der Waals surface area contributed by atoms with Gasteiger partial charge in [-0.05, 0) is 23.6 Å². The molecule has 0 aliphatic heterocycles. The number of thiazole rings is 1. The number of benzene rings is 1. The second-order valence-corrected chi connectivity index (χ2v) is 6.15. The molecule has 0 fully saturated rings. The highest BCUT2D eigenvalue weighted by Crippen LogP contribution is 2.33. The lowest BCUT2D eigenvalue weighted by molar-refractivity contribution is 0.626. The topological polar surface area (TPSA) is 37.8 Å². The van der Waals surface area contributed by atoms with E-state index in [-0.39, 0.29) is 11.4 Å². The number of anilines is 2. The number of pyridine rings is 1. The summed E-state index contributed by atoms with van der Waals surface area (Å²) >= 11 is 2.77. The summed E-state index contributed by atoms with van der Waals surface area (Å²) < 4.78 is 29.2. The molecule has 0 bridgehead atoms. The Hall–Kier alpha value is -2.12. The standard InChI is InChI=1S/C14H7F2N3S2/c15-8-5-17-14-7(3-4-20-14)12(8)19-9-1-2-10-13(11(9)16)18-6-21-10/h1-6H,(H,17,19). The fourth-order valence-electron chi connectivity index (χ4n) is 2.16. The van der Waals surface area contributed by atoms with Gasteiger partial charge in [0.15, 0.2) is 11.6 Å². The van der Waals surface area contributed by atoms with E-state index in [4.69, 9.17) is 0 Å². The number of hydrogen-bond acceptors (Lipinski definition) is 5. The van der Waals surface area contributed by atoms with E-state index in [1.807, 2.05) is 5.38 Å². The van der Waals surface area contributed by atoms with Crippen LogP contribution in [0.2, 0.25) is 0 Å². The molecule has 7 heteroatoms. The summed E-state index contributed by atoms with van der Waals surface area (Å²) in [5.74, 6) is -0.994. The van der Waals surface area contributed by atoms with Crippen LogP contribution in [-0.2, 0) is 0 Å². The maximum atomic E-state index is 14.4. The first kappa shape index (κ1) is 12.6. The van der Waals surface area contributed by atoms with Crippen molar-refractivity contribution in [2.45, 2.75) is 0 Å². The van der Waals surface area contributed by atoms with Gasteiger partial charge in [-0.15, -0.1) is 22.7 Å². The average molecular weight is 319 g/mol. The number of halogens is 2. The largest absolute Gasteiger partial charge is 0.350 e. The SMILES string of the molecule is Fc1cnc2sccc2c1Nc1ccc2scnc2c1F. The van der Waals surface area contributed by atoms with E-state index in [0.717, 1.165) is 10.9 Å². The second kappa shape index (κ2) is 4.71. The minimum atomic E-state index is -0.515. The number of fused-ring (bicyclic) bond motifs is 2. The van der Waals surface area contributed by atoms with Gasteiger partial charge in [0.1, 0.15) is 10.3 Å². The molecule has 0 aliphatic carbocycles. The van der Waals surface area contributed by atoms with E-state index in [1.54, 1.807) is 23.7 Å². The number of aromatic nitrogens is 2. The Bertz CT molecular complexity index is 961. The van der Waals surface area contributed by atoms with Crippen LogP contribution in [0.1, 0.15) is 0 Å². The molecule has 21 heavy (non-hydrogen) atoms. The van der Waals surface area contributed by atoms with Crippen LogP contribution in [0.5, 0.6) is 0 Å². The Balaban J connectivity index is 1.88. The Kier molecular flexibility index (Phi) is 2.83. The molecule has 0 spiro atoms. The van der Waals surface area contributed by atoms with Crippen molar-refractivity contribution in [2.75, 3.05) is 5.32 Å². The third kappa shape index (κ3) is 1.97. The van der Waals surface area contributed by atoms with Gasteiger partial charge >= 0.3 is 0 Å². The van der Waals surface area contributed by atoms with Crippen LogP contribution >= 0.6 is 22.7 Å². The highest BCUT2D eigenvalue weighted by molar-refractivity contribution is 7.17. The van der Waals surface area contributed by atoms with Crippen molar-refractivity contribution in [3.05, 3.63) is 46.9 Å². The molecular weight excluding hydrogens is 312 g/mol. The number of nitrogens with one attached hydrogen (secondary N) is 1. The smallest absolute Gasteiger partial charge is 0.173 e. The number of rotatable bonds is 2. The van der Waals surface area contributed by atoms with Gasteiger partial charge < -0.3 is 5.32 Å². The first-order chi connectivity index (χ1) is 10.2. The fourth-order valence-corrected chi connectivity index (χ4v) is 3.57. The normalized spacial score (nSPS) is 11.3. The van der Waals surface area contributed by atoms with Crippen LogP contribution in [-0.4, -0.2) is 9.97 Å². The van der Waals surface area contributed by atoms with Crippen LogP contribution in [0.15, 0.2) is 35.3 Å². The van der Waals surface area contributed by atoms with Crippen LogP contribution in [0.25, 0.3) is 20.4 Å². The summed E-state index contributed by atoms with van der Waals surface area (Å²) in [5.41, 5.74) is 2.31. The van der Waals surface area contributed by atoms with Gasteiger partial charge in [-0.25, -0.2) is 18.7 Å². The van der Waals surface area contributed by atoms with E-state index in [9.17, 15) is 8.78 Å². The minimum absolute atomic E-state index is 0.200. The molecule has 0 radical (unpaired) electrons. The third-order valence-electron chi connectivity index (χ3n) is 3.15. The highest BCUT2D eigenvalue weighted by atomic mass is 32.1. The third-order valence-corrected chi connectivity index (χ3v) is 4.76. The highest BCUT2D eigenvalue weighted by Gasteiger charge is 2.14. The zero-order valence-electron chi connectivity index (χ0n) is 10.4. The van der Waals surface area contributed by atoms with Gasteiger partial charge in [0.2, 0.25) is 0 Å². The molecule has 0 saturated heterocycles. The molecule has 0 unspecified atom stereocenters. The zero-order valence-corrected chi connectivity index (χ0v) is 12.1. The van der Waals surface area contributed by atoms with Gasteiger partial charge in [0, 0.05) is 5.39 Å². The van der Waals surface area contributed by atoms with E-state index in [0.29, 0.717) is 15.7 Å². The maximum absolute atomic E-state index is 14.4. The van der Waals surface area contributed by atoms with Crippen molar-refractivity contribution in [2.24, 2.45) is 0 Å². The predicted octanol–water partition coefficient (Wildman–Crippen LogP) is 4.93. The van der Waals surface area contributed by atoms with E-state index >= 15 is 0 Å². The summed E-state index contributed by atoms with van der Waals surface area (Å²) in [6, 6.07) is 5.12. The van der Waals surface area contributed by atoms with Crippen molar-refractivity contribution in [3.63, 3.8) is 0 Å². The Labute approximate surface area is 125 Å². The second-order valence-electron chi connectivity index (χ2n) is 4.37. The van der Waals surface area contributed by atoms with Gasteiger partial charge in [0.25, 0.3) is 0 Å². The van der Waals surface area contributed by atoms with E-state index < -0.39 is 11.6 Å². The average Bonchev–Trinajstić information content (AvgIpc) is 3.13. The molecule has 104 valence electrons. The van der Waals surface area contributed by atoms with Crippen molar-refractivity contribution in [3.8, 4) is 0 Å². The Morgan fingerprint density at radius 1 is 1.05 bits per heavy atom. The first-order valence-electron chi connectivity index (χ1n) is 6.04. The van der Waals surface area contributed by atoms with E-state index in [1.165, 1.54) is 22.7 Å². The Morgan fingerprint density at radius 3 is 2.86 bits per heavy atom. The number of thiophene rings is 1. The zero-order chi connectivity index (χ0) is 14.4. The van der Waals surface area contributed by atoms with Gasteiger partial charge in [-0.2, -0.15) is 0 Å². The minimum Gasteiger partial charge on any atom is -0.350 e. The van der Waals surface area contributed by atoms with Crippen molar-refractivity contribution in [1.29, 1.82) is 0 Å². The molecule has 1 aromatic carbocycles. The summed E-state index contributed by atoms with van der Waals surface area (Å²) in [7, 11) is 0. The molecule has 4 rings (SSSR count). The maximum Gasteiger partial charge on any atom is 0.173 e. The van der Waals surface area contributed by atoms with Crippen molar-refractivity contribution < 1.29 is 8.78 Å². The molecule has 0 saturated carbocycles. The molecule has 0 aliphatic rings. The summed E-state index contributed by atoms with van der Waals surface area (Å²) in [4.78, 5) is 8.70. The molecule has 3 aromatic heterocycles. The predicted molar refractivity (Wildman–Crippen MR) is 82.4 cm³/mol. The lowest BCUT2D eigenvalue weighted by Gasteiger charge is -2.10. The van der Waals surface area contributed by atoms with Gasteiger partial charge in [-0.1, -0.05) is 0 Å². The van der Waals surface area contributed by atoms with Crippen LogP contribution in [0.4, 0.5) is 20.2 Å². The van der Waals surface area contributed by atoms with Gasteiger partial charge in [0.05, 0.1) is 27.8 Å². The summed E-state index contributed by atoms with van der Waals surface area (Å²) in [5, 5.41) is 5.29. The lowest BCUT2D eigenvalue weighted by Crippen LogP contribution is -1.98. The van der Waals surface area contributed by atoms with E-state index in [2.05, 4.69) is 15.3 Å². The molecule has 3 heterocycles. The van der Waals surface area contributed by atoms with Crippen LogP contribution in [0.3, 0.4) is 0 Å². The van der Waals surface area contributed by atoms with Crippen molar-refractivity contribution in [1.82, 2.24) is 9.97 Å². The molecule has 0 atom stereocenters. The quantitative estimate of drug-likeness (QED) is 0.569. The molecular formula is C14H7F2N3S2. The number of hydrogen-bond donors (Lipinski definition) is 1. The molecule has 0 amide bonds. The lowest BCUT2D eigenvalue weighted by atomic mass is 10.2.